The lowest BCUT2D eigenvalue weighted by molar-refractivity contribution is 0.0218. The lowest BCUT2D eigenvalue weighted by Gasteiger charge is -2.27. The van der Waals surface area contributed by atoms with Crippen LogP contribution in [0.5, 0.6) is 0 Å². The Morgan fingerprint density at radius 1 is 1.22 bits per heavy atom. The number of H-pyrrole nitrogens is 1. The number of imidazole rings is 1. The van der Waals surface area contributed by atoms with Crippen molar-refractivity contribution in [1.82, 2.24) is 14.9 Å². The van der Waals surface area contributed by atoms with E-state index in [-0.39, 0.29) is 18.0 Å². The van der Waals surface area contributed by atoms with Crippen molar-refractivity contribution in [1.29, 1.82) is 0 Å². The number of likely N-dealkylation sites (tertiary alicyclic amines) is 1. The lowest BCUT2D eigenvalue weighted by Crippen LogP contribution is -2.36. The van der Waals surface area contributed by atoms with Gasteiger partial charge in [-0.05, 0) is 104 Å². The van der Waals surface area contributed by atoms with Crippen LogP contribution in [0.25, 0.3) is 22.4 Å². The van der Waals surface area contributed by atoms with E-state index in [2.05, 4.69) is 51.6 Å². The Hall–Kier alpha value is -2.42. The summed E-state index contributed by atoms with van der Waals surface area (Å²) in [6, 6.07) is 10.6. The first-order valence-electron chi connectivity index (χ1n) is 10.7. The summed E-state index contributed by atoms with van der Waals surface area (Å²) in [7, 11) is 0. The molecule has 1 aliphatic heterocycles. The van der Waals surface area contributed by atoms with Crippen LogP contribution in [-0.2, 0) is 4.74 Å². The zero-order valence-corrected chi connectivity index (χ0v) is 20.9. The number of aryl methyl sites for hydroxylation is 1. The second-order valence-corrected chi connectivity index (χ2v) is 10.3. The molecule has 2 aromatic carbocycles. The van der Waals surface area contributed by atoms with Gasteiger partial charge in [-0.2, -0.15) is 0 Å². The van der Waals surface area contributed by atoms with Crippen molar-refractivity contribution in [3.8, 4) is 22.4 Å². The van der Waals surface area contributed by atoms with Gasteiger partial charge >= 0.3 is 6.09 Å². The highest BCUT2D eigenvalue weighted by molar-refractivity contribution is 14.1. The van der Waals surface area contributed by atoms with E-state index in [0.717, 1.165) is 50.2 Å². The summed E-state index contributed by atoms with van der Waals surface area (Å²) in [5, 5.41) is 0. The van der Waals surface area contributed by atoms with E-state index in [1.165, 1.54) is 12.1 Å². The van der Waals surface area contributed by atoms with Crippen LogP contribution in [0.1, 0.15) is 51.0 Å². The highest BCUT2D eigenvalue weighted by Crippen LogP contribution is 2.35. The van der Waals surface area contributed by atoms with Gasteiger partial charge in [-0.3, -0.25) is 4.90 Å². The molecule has 1 atom stereocenters. The average Bonchev–Trinajstić information content (AvgIpc) is 3.38. The summed E-state index contributed by atoms with van der Waals surface area (Å²) >= 11 is 2.33. The highest BCUT2D eigenvalue weighted by Gasteiger charge is 2.34. The van der Waals surface area contributed by atoms with Crippen LogP contribution in [0.15, 0.2) is 42.6 Å². The lowest BCUT2D eigenvalue weighted by atomic mass is 9.99. The van der Waals surface area contributed by atoms with E-state index < -0.39 is 5.60 Å². The molecule has 1 aromatic heterocycles. The molecule has 0 bridgehead atoms. The smallest absolute Gasteiger partial charge is 0.410 e. The van der Waals surface area contributed by atoms with Crippen LogP contribution in [0.4, 0.5) is 9.18 Å². The van der Waals surface area contributed by atoms with Crippen LogP contribution in [0.2, 0.25) is 0 Å². The number of nitrogens with zero attached hydrogens (tertiary/aromatic N) is 2. The number of ether oxygens (including phenoxy) is 1. The van der Waals surface area contributed by atoms with Gasteiger partial charge in [-0.15, -0.1) is 0 Å². The van der Waals surface area contributed by atoms with Gasteiger partial charge in [-0.1, -0.05) is 12.1 Å². The minimum absolute atomic E-state index is 0.125. The molecular formula is C25H27FIN3O2. The van der Waals surface area contributed by atoms with Crippen LogP contribution in [-0.4, -0.2) is 33.1 Å². The predicted molar refractivity (Wildman–Crippen MR) is 132 cm³/mol. The molecule has 0 radical (unpaired) electrons. The molecule has 0 aliphatic carbocycles. The van der Waals surface area contributed by atoms with Gasteiger partial charge < -0.3 is 9.72 Å². The summed E-state index contributed by atoms with van der Waals surface area (Å²) in [4.78, 5) is 22.5. The number of benzene rings is 2. The number of halogens is 2. The van der Waals surface area contributed by atoms with Crippen LogP contribution >= 0.6 is 22.6 Å². The SMILES string of the molecule is Cc1cc(-c2cnc(C3CCCN3C(=O)OC(C)(C)C)[nH]2)cc(-c2ccc(F)cc2)c1I. The molecule has 1 saturated heterocycles. The Kier molecular flexibility index (Phi) is 6.29. The van der Waals surface area contributed by atoms with E-state index in [1.54, 1.807) is 17.0 Å². The maximum Gasteiger partial charge on any atom is 0.410 e. The van der Waals surface area contributed by atoms with Gasteiger partial charge in [0.25, 0.3) is 0 Å². The highest BCUT2D eigenvalue weighted by atomic mass is 127. The molecular weight excluding hydrogens is 520 g/mol. The minimum Gasteiger partial charge on any atom is -0.444 e. The maximum atomic E-state index is 13.4. The quantitative estimate of drug-likeness (QED) is 0.365. The topological polar surface area (TPSA) is 58.2 Å². The van der Waals surface area contributed by atoms with E-state index in [9.17, 15) is 9.18 Å². The fourth-order valence-corrected chi connectivity index (χ4v) is 4.63. The first-order chi connectivity index (χ1) is 15.1. The van der Waals surface area contributed by atoms with E-state index in [0.29, 0.717) is 6.54 Å². The van der Waals surface area contributed by atoms with Crippen LogP contribution in [0, 0.1) is 16.3 Å². The maximum absolute atomic E-state index is 13.4. The van der Waals surface area contributed by atoms with Crippen molar-refractivity contribution in [3.05, 3.63) is 63.4 Å². The van der Waals surface area contributed by atoms with Crippen molar-refractivity contribution in [2.45, 2.75) is 52.2 Å². The van der Waals surface area contributed by atoms with E-state index >= 15 is 0 Å². The molecule has 1 aliphatic rings. The molecule has 2 heterocycles. The number of amides is 1. The molecule has 3 aromatic rings. The Bertz CT molecular complexity index is 1140. The fraction of sp³-hybridized carbons (Fsp3) is 0.360. The number of rotatable bonds is 3. The Balaban J connectivity index is 1.64. The minimum atomic E-state index is -0.534. The predicted octanol–water partition coefficient (Wildman–Crippen LogP) is 6.87. The summed E-state index contributed by atoms with van der Waals surface area (Å²) < 4.78 is 20.1. The number of carbonyl (C=O) groups is 1. The first-order valence-corrected chi connectivity index (χ1v) is 11.8. The zero-order chi connectivity index (χ0) is 23.0. The number of hydrogen-bond acceptors (Lipinski definition) is 3. The third-order valence-electron chi connectivity index (χ3n) is 5.51. The monoisotopic (exact) mass is 547 g/mol. The second kappa shape index (κ2) is 8.84. The molecule has 32 heavy (non-hydrogen) atoms. The van der Waals surface area contributed by atoms with E-state index in [4.69, 9.17) is 4.74 Å². The molecule has 168 valence electrons. The average molecular weight is 547 g/mol. The van der Waals surface area contributed by atoms with Gasteiger partial charge in [0, 0.05) is 15.7 Å². The molecule has 0 saturated carbocycles. The zero-order valence-electron chi connectivity index (χ0n) is 18.7. The van der Waals surface area contributed by atoms with Gasteiger partial charge in [0.2, 0.25) is 0 Å². The van der Waals surface area contributed by atoms with Crippen molar-refractivity contribution < 1.29 is 13.9 Å². The third-order valence-corrected chi connectivity index (χ3v) is 6.94. The van der Waals surface area contributed by atoms with Crippen molar-refractivity contribution in [3.63, 3.8) is 0 Å². The van der Waals surface area contributed by atoms with Crippen LogP contribution in [0.3, 0.4) is 0 Å². The number of aromatic nitrogens is 2. The Labute approximate surface area is 201 Å². The standard InChI is InChI=1S/C25H27FIN3O2/c1-15-12-17(13-19(22(15)27)16-7-9-18(26)10-8-16)20-14-28-23(29-20)21-6-5-11-30(21)24(31)32-25(2,3)4/h7-10,12-14,21H,5-6,11H2,1-4H3,(H,28,29). The largest absolute Gasteiger partial charge is 0.444 e. The molecule has 4 rings (SSSR count). The summed E-state index contributed by atoms with van der Waals surface area (Å²) in [6.07, 6.45) is 3.27. The van der Waals surface area contributed by atoms with Crippen molar-refractivity contribution >= 4 is 28.7 Å². The number of aromatic amines is 1. The van der Waals surface area contributed by atoms with Crippen LogP contribution < -0.4 is 0 Å². The van der Waals surface area contributed by atoms with Gasteiger partial charge in [0.15, 0.2) is 0 Å². The Morgan fingerprint density at radius 3 is 2.62 bits per heavy atom. The van der Waals surface area contributed by atoms with Gasteiger partial charge in [0.05, 0.1) is 17.9 Å². The van der Waals surface area contributed by atoms with E-state index in [1.807, 2.05) is 27.0 Å². The fourth-order valence-electron chi connectivity index (χ4n) is 4.01. The van der Waals surface area contributed by atoms with Gasteiger partial charge in [0.1, 0.15) is 17.2 Å². The number of hydrogen-bond donors (Lipinski definition) is 1. The summed E-state index contributed by atoms with van der Waals surface area (Å²) in [5.41, 5.74) is 4.51. The number of nitrogens with one attached hydrogen (secondary N) is 1. The second-order valence-electron chi connectivity index (χ2n) is 9.18. The summed E-state index contributed by atoms with van der Waals surface area (Å²) in [5.74, 6) is 0.517. The molecule has 1 N–H and O–H groups in total. The van der Waals surface area contributed by atoms with Crippen molar-refractivity contribution in [2.24, 2.45) is 0 Å². The van der Waals surface area contributed by atoms with Gasteiger partial charge in [-0.25, -0.2) is 14.2 Å². The molecule has 7 heteroatoms. The molecule has 1 fully saturated rings. The molecule has 1 amide bonds. The van der Waals surface area contributed by atoms with Crippen molar-refractivity contribution in [2.75, 3.05) is 6.54 Å². The Morgan fingerprint density at radius 2 is 1.94 bits per heavy atom. The number of carbonyl (C=O) groups excluding carboxylic acids is 1. The molecule has 5 nitrogen and oxygen atoms in total. The first kappa shape index (κ1) is 22.8. The summed E-state index contributed by atoms with van der Waals surface area (Å²) in [6.45, 7) is 8.35. The normalized spacial score (nSPS) is 16.4. The molecule has 0 spiro atoms. The third kappa shape index (κ3) is 4.82. The molecule has 1 unspecified atom stereocenters.